The van der Waals surface area contributed by atoms with Gasteiger partial charge >= 0.3 is 5.97 Å². The Morgan fingerprint density at radius 3 is 2.64 bits per heavy atom. The Kier molecular flexibility index (Phi) is 6.74. The summed E-state index contributed by atoms with van der Waals surface area (Å²) >= 11 is 0. The number of rotatable bonds is 6. The predicted octanol–water partition coefficient (Wildman–Crippen LogP) is -0.207. The summed E-state index contributed by atoms with van der Waals surface area (Å²) in [5.74, 6) is -0.773. The van der Waals surface area contributed by atoms with Crippen molar-refractivity contribution in [1.29, 1.82) is 0 Å². The van der Waals surface area contributed by atoms with E-state index in [-0.39, 0.29) is 12.5 Å². The van der Waals surface area contributed by atoms with Gasteiger partial charge in [-0.05, 0) is 6.42 Å². The van der Waals surface area contributed by atoms with Crippen LogP contribution in [0.1, 0.15) is 26.2 Å². The standard InChI is InChI=1S/C9H18N2O3/c1-3-4-5-7(10)9(13)11-6-8(12)14-2/h7H,3-6,10H2,1-2H3,(H,11,13)/t7-/m0/s1. The Morgan fingerprint density at radius 2 is 2.14 bits per heavy atom. The van der Waals surface area contributed by atoms with Crippen LogP contribution in [0.25, 0.3) is 0 Å². The molecule has 0 heterocycles. The molecule has 0 radical (unpaired) electrons. The van der Waals surface area contributed by atoms with E-state index in [9.17, 15) is 9.59 Å². The average Bonchev–Trinajstić information content (AvgIpc) is 2.21. The third kappa shape index (κ3) is 5.53. The molecule has 0 aliphatic carbocycles. The summed E-state index contributed by atoms with van der Waals surface area (Å²) in [6.07, 6.45) is 2.55. The van der Waals surface area contributed by atoms with E-state index in [0.717, 1.165) is 12.8 Å². The highest BCUT2D eigenvalue weighted by atomic mass is 16.5. The van der Waals surface area contributed by atoms with E-state index in [1.54, 1.807) is 0 Å². The highest BCUT2D eigenvalue weighted by Crippen LogP contribution is 1.97. The predicted molar refractivity (Wildman–Crippen MR) is 52.5 cm³/mol. The number of amides is 1. The van der Waals surface area contributed by atoms with Gasteiger partial charge in [-0.1, -0.05) is 19.8 Å². The molecule has 1 atom stereocenters. The number of ether oxygens (including phenoxy) is 1. The van der Waals surface area contributed by atoms with Gasteiger partial charge in [0.05, 0.1) is 13.2 Å². The van der Waals surface area contributed by atoms with Gasteiger partial charge in [0.1, 0.15) is 6.54 Å². The molecule has 82 valence electrons. The van der Waals surface area contributed by atoms with Crippen molar-refractivity contribution in [1.82, 2.24) is 5.32 Å². The van der Waals surface area contributed by atoms with E-state index < -0.39 is 12.0 Å². The number of hydrogen-bond acceptors (Lipinski definition) is 4. The largest absolute Gasteiger partial charge is 0.468 e. The number of methoxy groups -OCH3 is 1. The lowest BCUT2D eigenvalue weighted by atomic mass is 10.1. The van der Waals surface area contributed by atoms with Crippen LogP contribution in [0.2, 0.25) is 0 Å². The van der Waals surface area contributed by atoms with Gasteiger partial charge in [0.2, 0.25) is 5.91 Å². The van der Waals surface area contributed by atoms with Crippen LogP contribution in [0.5, 0.6) is 0 Å². The van der Waals surface area contributed by atoms with Crippen molar-refractivity contribution < 1.29 is 14.3 Å². The summed E-state index contributed by atoms with van der Waals surface area (Å²) in [6.45, 7) is 1.91. The second kappa shape index (κ2) is 7.32. The molecule has 0 bridgehead atoms. The number of nitrogens with one attached hydrogen (secondary N) is 1. The quantitative estimate of drug-likeness (QED) is 0.584. The normalized spacial score (nSPS) is 11.9. The molecule has 0 aromatic rings. The fraction of sp³-hybridized carbons (Fsp3) is 0.778. The number of nitrogens with two attached hydrogens (primary N) is 1. The maximum absolute atomic E-state index is 11.2. The molecule has 0 rings (SSSR count). The summed E-state index contributed by atoms with van der Waals surface area (Å²) in [4.78, 5) is 21.9. The van der Waals surface area contributed by atoms with Crippen LogP contribution >= 0.6 is 0 Å². The maximum atomic E-state index is 11.2. The van der Waals surface area contributed by atoms with E-state index in [0.29, 0.717) is 6.42 Å². The van der Waals surface area contributed by atoms with Crippen molar-refractivity contribution >= 4 is 11.9 Å². The molecule has 0 saturated carbocycles. The zero-order chi connectivity index (χ0) is 11.0. The third-order valence-corrected chi connectivity index (χ3v) is 1.84. The number of hydrogen-bond donors (Lipinski definition) is 2. The van der Waals surface area contributed by atoms with Crippen molar-refractivity contribution in [3.05, 3.63) is 0 Å². The minimum absolute atomic E-state index is 0.116. The van der Waals surface area contributed by atoms with Crippen molar-refractivity contribution in [2.45, 2.75) is 32.2 Å². The third-order valence-electron chi connectivity index (χ3n) is 1.84. The van der Waals surface area contributed by atoms with E-state index in [2.05, 4.69) is 10.1 Å². The van der Waals surface area contributed by atoms with Crippen LogP contribution in [-0.2, 0) is 14.3 Å². The molecular weight excluding hydrogens is 184 g/mol. The fourth-order valence-corrected chi connectivity index (χ4v) is 0.918. The van der Waals surface area contributed by atoms with Crippen LogP contribution in [0, 0.1) is 0 Å². The topological polar surface area (TPSA) is 81.4 Å². The molecule has 1 amide bonds. The first-order valence-corrected chi connectivity index (χ1v) is 4.72. The van der Waals surface area contributed by atoms with Crippen molar-refractivity contribution in [2.75, 3.05) is 13.7 Å². The fourth-order valence-electron chi connectivity index (χ4n) is 0.918. The summed E-state index contributed by atoms with van der Waals surface area (Å²) in [5, 5.41) is 2.40. The molecule has 0 aliphatic heterocycles. The van der Waals surface area contributed by atoms with Gasteiger partial charge in [-0.3, -0.25) is 9.59 Å². The van der Waals surface area contributed by atoms with Crippen molar-refractivity contribution in [3.8, 4) is 0 Å². The molecule has 0 fully saturated rings. The number of carbonyl (C=O) groups excluding carboxylic acids is 2. The lowest BCUT2D eigenvalue weighted by molar-refractivity contribution is -0.141. The van der Waals surface area contributed by atoms with E-state index in [1.807, 2.05) is 6.92 Å². The average molecular weight is 202 g/mol. The first kappa shape index (κ1) is 12.9. The first-order chi connectivity index (χ1) is 6.61. The van der Waals surface area contributed by atoms with Crippen LogP contribution in [0.4, 0.5) is 0 Å². The lowest BCUT2D eigenvalue weighted by Crippen LogP contribution is -2.42. The van der Waals surface area contributed by atoms with E-state index in [1.165, 1.54) is 7.11 Å². The summed E-state index contributed by atoms with van der Waals surface area (Å²) in [6, 6.07) is -0.528. The highest BCUT2D eigenvalue weighted by molar-refractivity contribution is 5.85. The SMILES string of the molecule is CCCC[C@H](N)C(=O)NCC(=O)OC. The zero-order valence-electron chi connectivity index (χ0n) is 8.71. The molecule has 0 aromatic heterocycles. The number of carbonyl (C=O) groups is 2. The van der Waals surface area contributed by atoms with Crippen LogP contribution in [0.15, 0.2) is 0 Å². The van der Waals surface area contributed by atoms with Crippen LogP contribution in [0.3, 0.4) is 0 Å². The molecule has 0 aromatic carbocycles. The maximum Gasteiger partial charge on any atom is 0.325 e. The van der Waals surface area contributed by atoms with Gasteiger partial charge in [-0.25, -0.2) is 0 Å². The van der Waals surface area contributed by atoms with Gasteiger partial charge < -0.3 is 15.8 Å². The second-order valence-corrected chi connectivity index (χ2v) is 3.04. The molecule has 0 aliphatic rings. The van der Waals surface area contributed by atoms with Crippen molar-refractivity contribution in [3.63, 3.8) is 0 Å². The Morgan fingerprint density at radius 1 is 1.50 bits per heavy atom. The van der Waals surface area contributed by atoms with Gasteiger partial charge in [0.25, 0.3) is 0 Å². The van der Waals surface area contributed by atoms with E-state index in [4.69, 9.17) is 5.73 Å². The molecule has 3 N–H and O–H groups in total. The molecule has 0 unspecified atom stereocenters. The highest BCUT2D eigenvalue weighted by Gasteiger charge is 2.13. The Hall–Kier alpha value is -1.10. The zero-order valence-corrected chi connectivity index (χ0v) is 8.71. The van der Waals surface area contributed by atoms with Gasteiger partial charge in [0.15, 0.2) is 0 Å². The second-order valence-electron chi connectivity index (χ2n) is 3.04. The van der Waals surface area contributed by atoms with Crippen molar-refractivity contribution in [2.24, 2.45) is 5.73 Å². The number of unbranched alkanes of at least 4 members (excludes halogenated alkanes) is 1. The lowest BCUT2D eigenvalue weighted by Gasteiger charge is -2.10. The van der Waals surface area contributed by atoms with Gasteiger partial charge in [0, 0.05) is 0 Å². The van der Waals surface area contributed by atoms with Gasteiger partial charge in [-0.15, -0.1) is 0 Å². The minimum atomic E-state index is -0.528. The Balaban J connectivity index is 3.67. The minimum Gasteiger partial charge on any atom is -0.468 e. The molecule has 5 heteroatoms. The summed E-state index contributed by atoms with van der Waals surface area (Å²) < 4.78 is 4.37. The van der Waals surface area contributed by atoms with Crippen LogP contribution < -0.4 is 11.1 Å². The van der Waals surface area contributed by atoms with Gasteiger partial charge in [-0.2, -0.15) is 0 Å². The van der Waals surface area contributed by atoms with Crippen LogP contribution in [-0.4, -0.2) is 31.6 Å². The smallest absolute Gasteiger partial charge is 0.325 e. The molecule has 5 nitrogen and oxygen atoms in total. The molecule has 0 spiro atoms. The Labute approximate surface area is 84.0 Å². The number of esters is 1. The molecule has 14 heavy (non-hydrogen) atoms. The Bertz CT molecular complexity index is 194. The summed E-state index contributed by atoms with van der Waals surface area (Å²) in [5.41, 5.74) is 5.57. The van der Waals surface area contributed by atoms with E-state index >= 15 is 0 Å². The monoisotopic (exact) mass is 202 g/mol. The first-order valence-electron chi connectivity index (χ1n) is 4.72. The molecular formula is C9H18N2O3. The molecule has 0 saturated heterocycles. The summed E-state index contributed by atoms with van der Waals surface area (Å²) in [7, 11) is 1.27.